The Labute approximate surface area is 378 Å². The lowest BCUT2D eigenvalue weighted by Gasteiger charge is -2.06. The molecular weight excluding hydrogens is 891 g/mol. The number of esters is 2. The van der Waals surface area contributed by atoms with Gasteiger partial charge in [-0.15, -0.1) is 0 Å². The van der Waals surface area contributed by atoms with Gasteiger partial charge in [0.05, 0.1) is 23.7 Å². The van der Waals surface area contributed by atoms with Crippen LogP contribution < -0.4 is 4.73 Å². The second kappa shape index (κ2) is 19.1. The maximum atomic E-state index is 11.8. The zero-order valence-electron chi connectivity index (χ0n) is 37.3. The summed E-state index contributed by atoms with van der Waals surface area (Å²) in [4.78, 5) is 42.2. The molecule has 0 atom stereocenters. The number of fused-ring (bicyclic) bond motifs is 8. The standard InChI is InChI=1S/2C19H18N6O.C4F6O3.C2H6/c1-12-9-24(26)13(2)18-21-17(22-25(12)18)8-7-15-11-23-10-14-5-3-4-6-16(14)19(23)20-15;1-12-8-20-16(11-26)19-22-17(23-25(12)19)7-6-14-10-24-9-13-4-2-3-5-15(13)18(24)21-14;5-3(6,7)1(11)13-2(12)4(8,9)10;1-2/h3-6,9,11H,7-8,10H2,1-2H3;2-5,8,10,26H,6-7,9,11H2,1H3;;1-2H3/i;;;1D. The molecule has 0 fully saturated rings. The van der Waals surface area contributed by atoms with Gasteiger partial charge in [0.25, 0.3) is 0 Å². The van der Waals surface area contributed by atoms with Gasteiger partial charge in [-0.3, -0.25) is 4.98 Å². The second-order valence-electron chi connectivity index (χ2n) is 15.1. The molecule has 0 amide bonds. The highest BCUT2D eigenvalue weighted by atomic mass is 19.4. The molecule has 2 aromatic carbocycles. The fourth-order valence-electron chi connectivity index (χ4n) is 7.30. The van der Waals surface area contributed by atoms with E-state index in [9.17, 15) is 46.2 Å². The zero-order chi connectivity index (χ0) is 49.1. The van der Waals surface area contributed by atoms with Crippen LogP contribution in [0.25, 0.3) is 34.1 Å². The number of aliphatic hydroxyl groups is 1. The lowest BCUT2D eigenvalue weighted by molar-refractivity contribution is -0.612. The van der Waals surface area contributed by atoms with Crippen LogP contribution in [0.2, 0.25) is 0 Å². The number of rotatable bonds is 7. The van der Waals surface area contributed by atoms with Crippen molar-refractivity contribution in [3.8, 4) is 22.8 Å². The lowest BCUT2D eigenvalue weighted by Crippen LogP contribution is -2.34. The van der Waals surface area contributed by atoms with Crippen molar-refractivity contribution in [2.75, 3.05) is 0 Å². The van der Waals surface area contributed by atoms with Gasteiger partial charge in [-0.05, 0) is 37.8 Å². The summed E-state index contributed by atoms with van der Waals surface area (Å²) < 4.78 is 84.6. The number of carbonyl (C=O) groups is 2. The summed E-state index contributed by atoms with van der Waals surface area (Å²) >= 11 is 0. The molecule has 6 aromatic heterocycles. The number of aliphatic hydroxyl groups excluding tert-OH is 1. The summed E-state index contributed by atoms with van der Waals surface area (Å²) in [7, 11) is 0. The molecule has 67 heavy (non-hydrogen) atoms. The van der Waals surface area contributed by atoms with Gasteiger partial charge in [0.2, 0.25) is 17.5 Å². The summed E-state index contributed by atoms with van der Waals surface area (Å²) in [5, 5.41) is 30.4. The van der Waals surface area contributed by atoms with E-state index in [1.54, 1.807) is 29.1 Å². The molecule has 8 aromatic rings. The first kappa shape index (κ1) is 46.0. The number of ether oxygens (including phenoxy) is 1. The van der Waals surface area contributed by atoms with E-state index in [0.717, 1.165) is 76.7 Å². The van der Waals surface area contributed by atoms with E-state index >= 15 is 0 Å². The first-order chi connectivity index (χ1) is 32.3. The van der Waals surface area contributed by atoms with E-state index in [-0.39, 0.29) is 6.61 Å². The van der Waals surface area contributed by atoms with Crippen molar-refractivity contribution in [1.29, 1.82) is 0 Å². The zero-order valence-corrected chi connectivity index (χ0v) is 36.3. The number of aryl methyl sites for hydroxylation is 7. The molecule has 0 unspecified atom stereocenters. The van der Waals surface area contributed by atoms with Crippen LogP contribution in [0.3, 0.4) is 0 Å². The van der Waals surface area contributed by atoms with Gasteiger partial charge < -0.3 is 24.2 Å². The molecule has 17 nitrogen and oxygen atoms in total. The number of benzene rings is 2. The van der Waals surface area contributed by atoms with Crippen molar-refractivity contribution < 1.29 is 51.9 Å². The molecule has 0 radical (unpaired) electrons. The molecule has 0 aliphatic carbocycles. The van der Waals surface area contributed by atoms with Crippen LogP contribution in [0.1, 0.15) is 72.1 Å². The number of carbonyl (C=O) groups excluding carboxylic acids is 2. The number of hydrogen-bond donors (Lipinski definition) is 1. The average Bonchev–Trinajstić information content (AvgIpc) is 4.15. The highest BCUT2D eigenvalue weighted by Crippen LogP contribution is 2.32. The topological polar surface area (TPSA) is 199 Å². The van der Waals surface area contributed by atoms with Crippen LogP contribution in [-0.4, -0.2) is 82.7 Å². The highest BCUT2D eigenvalue weighted by Gasteiger charge is 2.49. The summed E-state index contributed by atoms with van der Waals surface area (Å²) in [6, 6.07) is 16.8. The molecule has 8 heterocycles. The molecule has 0 saturated heterocycles. The Kier molecular flexibility index (Phi) is 13.1. The van der Waals surface area contributed by atoms with Gasteiger partial charge in [-0.1, -0.05) is 62.4 Å². The third kappa shape index (κ3) is 10.1. The number of alkyl halides is 6. The first-order valence-electron chi connectivity index (χ1n) is 21.2. The van der Waals surface area contributed by atoms with Crippen LogP contribution in [0, 0.1) is 26.0 Å². The van der Waals surface area contributed by atoms with Gasteiger partial charge >= 0.3 is 24.3 Å². The van der Waals surface area contributed by atoms with Crippen molar-refractivity contribution in [1.82, 2.24) is 53.3 Å². The van der Waals surface area contributed by atoms with Gasteiger partial charge in [-0.25, -0.2) is 38.6 Å². The molecule has 23 heteroatoms. The maximum absolute atomic E-state index is 11.8. The fraction of sp³-hybridized carbons (Fsp3) is 0.318. The Morgan fingerprint density at radius 1 is 0.746 bits per heavy atom. The molecule has 2 aliphatic heterocycles. The minimum absolute atomic E-state index is 0.144. The van der Waals surface area contributed by atoms with E-state index in [1.165, 1.54) is 28.5 Å². The van der Waals surface area contributed by atoms with Gasteiger partial charge in [-0.2, -0.15) is 41.3 Å². The van der Waals surface area contributed by atoms with Crippen LogP contribution in [0.15, 0.2) is 73.3 Å². The van der Waals surface area contributed by atoms with Crippen LogP contribution in [-0.2, 0) is 59.7 Å². The molecule has 0 saturated carbocycles. The van der Waals surface area contributed by atoms with Gasteiger partial charge in [0, 0.05) is 63.9 Å². The van der Waals surface area contributed by atoms with Crippen molar-refractivity contribution in [2.45, 2.75) is 92.3 Å². The SMILES string of the molecule is Cc1c[n+]([O-])c(C)c2nc(CCc3cn4c(n3)-c3ccccc3C4)nn12.Cc1cnc(CO)c2nc(CCc3cn4c(n3)-c3ccccc3C4)nn12.O=C(OC(=O)C(F)(F)F)C(F)(F)F.[2H]CC. The number of imidazole rings is 2. The second-order valence-corrected chi connectivity index (χ2v) is 15.1. The number of hydrogen-bond acceptors (Lipinski definition) is 12. The van der Waals surface area contributed by atoms with E-state index in [4.69, 9.17) is 11.3 Å². The van der Waals surface area contributed by atoms with Crippen LogP contribution in [0.4, 0.5) is 26.3 Å². The number of aromatic nitrogens is 12. The predicted octanol–water partition coefficient (Wildman–Crippen LogP) is 6.13. The van der Waals surface area contributed by atoms with E-state index in [0.29, 0.717) is 42.4 Å². The predicted molar refractivity (Wildman–Crippen MR) is 226 cm³/mol. The van der Waals surface area contributed by atoms with Crippen molar-refractivity contribution >= 4 is 23.2 Å². The Balaban J connectivity index is 0.000000155. The highest BCUT2D eigenvalue weighted by molar-refractivity contribution is 5.90. The number of nitrogens with zero attached hydrogens (tertiary/aromatic N) is 12. The molecule has 0 bridgehead atoms. The molecule has 2 aliphatic rings. The maximum Gasteiger partial charge on any atom is 0.491 e. The summed E-state index contributed by atoms with van der Waals surface area (Å²) in [6.45, 7) is 9.46. The van der Waals surface area contributed by atoms with Crippen molar-refractivity contribution in [3.63, 3.8) is 0 Å². The van der Waals surface area contributed by atoms with Crippen LogP contribution in [0.5, 0.6) is 0 Å². The third-order valence-electron chi connectivity index (χ3n) is 10.5. The monoisotopic (exact) mass is 933 g/mol. The molecule has 0 spiro atoms. The van der Waals surface area contributed by atoms with E-state index in [1.807, 2.05) is 13.8 Å². The summed E-state index contributed by atoms with van der Waals surface area (Å²) in [5.41, 5.74) is 11.2. The Morgan fingerprint density at radius 2 is 1.21 bits per heavy atom. The van der Waals surface area contributed by atoms with Gasteiger partial charge in [0.15, 0.2) is 17.3 Å². The summed E-state index contributed by atoms with van der Waals surface area (Å²) in [6.07, 6.45) is -0.838. The minimum atomic E-state index is -5.62. The molecule has 1 N–H and O–H groups in total. The molecule has 10 rings (SSSR count). The third-order valence-corrected chi connectivity index (χ3v) is 10.5. The Morgan fingerprint density at radius 3 is 1.69 bits per heavy atom. The van der Waals surface area contributed by atoms with Crippen molar-refractivity contribution in [3.05, 3.63) is 135 Å². The first-order valence-corrected chi connectivity index (χ1v) is 20.5. The Hall–Kier alpha value is -7.56. The normalized spacial score (nSPS) is 12.4. The molecular formula is C44H42F6N12O5. The van der Waals surface area contributed by atoms with Gasteiger partial charge in [0.1, 0.15) is 23.0 Å². The van der Waals surface area contributed by atoms with E-state index < -0.39 is 24.3 Å². The van der Waals surface area contributed by atoms with Crippen LogP contribution >= 0.6 is 0 Å². The summed E-state index contributed by atoms with van der Waals surface area (Å²) in [5.74, 6) is -2.84. The average molecular weight is 934 g/mol. The fourth-order valence-corrected chi connectivity index (χ4v) is 7.30. The van der Waals surface area contributed by atoms with E-state index in [2.05, 4.69) is 99.9 Å². The number of halogens is 6. The Bertz CT molecular complexity index is 3120. The quantitative estimate of drug-likeness (QED) is 0.0632. The van der Waals surface area contributed by atoms with Crippen molar-refractivity contribution in [2.24, 2.45) is 0 Å². The largest absolute Gasteiger partial charge is 0.618 e. The minimum Gasteiger partial charge on any atom is -0.618 e. The lowest BCUT2D eigenvalue weighted by atomic mass is 10.1. The molecule has 350 valence electrons. The smallest absolute Gasteiger partial charge is 0.491 e.